The zero-order chi connectivity index (χ0) is 7.56. The molecule has 0 bridgehead atoms. The fourth-order valence-electron chi connectivity index (χ4n) is 0.875. The summed E-state index contributed by atoms with van der Waals surface area (Å²) >= 11 is 0. The SMILES string of the molecule is CCc1oc(=O)oc1CC. The first-order chi connectivity index (χ1) is 4.77. The minimum atomic E-state index is -0.589. The van der Waals surface area contributed by atoms with Crippen LogP contribution in [0, 0.1) is 0 Å². The lowest BCUT2D eigenvalue weighted by atomic mass is 10.2. The summed E-state index contributed by atoms with van der Waals surface area (Å²) in [5.41, 5.74) is 0. The summed E-state index contributed by atoms with van der Waals surface area (Å²) in [6, 6.07) is 0. The van der Waals surface area contributed by atoms with E-state index < -0.39 is 5.82 Å². The molecule has 0 aliphatic carbocycles. The summed E-state index contributed by atoms with van der Waals surface area (Å²) in [5, 5.41) is 0. The zero-order valence-electron chi connectivity index (χ0n) is 6.14. The Morgan fingerprint density at radius 2 is 1.50 bits per heavy atom. The molecule has 1 aromatic rings. The monoisotopic (exact) mass is 142 g/mol. The third-order valence-corrected chi connectivity index (χ3v) is 1.37. The number of rotatable bonds is 2. The van der Waals surface area contributed by atoms with Gasteiger partial charge in [0, 0.05) is 12.8 Å². The van der Waals surface area contributed by atoms with E-state index in [1.54, 1.807) is 0 Å². The van der Waals surface area contributed by atoms with Crippen LogP contribution in [0.15, 0.2) is 13.6 Å². The van der Waals surface area contributed by atoms with Crippen LogP contribution in [-0.4, -0.2) is 0 Å². The van der Waals surface area contributed by atoms with Gasteiger partial charge in [-0.25, -0.2) is 4.79 Å². The Kier molecular flexibility index (Phi) is 1.94. The van der Waals surface area contributed by atoms with E-state index in [4.69, 9.17) is 8.83 Å². The van der Waals surface area contributed by atoms with Gasteiger partial charge in [-0.15, -0.1) is 0 Å². The summed E-state index contributed by atoms with van der Waals surface area (Å²) in [6.45, 7) is 3.85. The highest BCUT2D eigenvalue weighted by molar-refractivity contribution is 5.01. The molecule has 0 radical (unpaired) electrons. The fraction of sp³-hybridized carbons (Fsp3) is 0.571. The van der Waals surface area contributed by atoms with Gasteiger partial charge >= 0.3 is 5.82 Å². The normalized spacial score (nSPS) is 10.2. The van der Waals surface area contributed by atoms with E-state index in [-0.39, 0.29) is 0 Å². The third-order valence-electron chi connectivity index (χ3n) is 1.37. The van der Waals surface area contributed by atoms with Crippen LogP contribution in [-0.2, 0) is 12.8 Å². The van der Waals surface area contributed by atoms with Gasteiger partial charge in [-0.2, -0.15) is 0 Å². The van der Waals surface area contributed by atoms with E-state index in [9.17, 15) is 4.79 Å². The summed E-state index contributed by atoms with van der Waals surface area (Å²) in [4.78, 5) is 10.5. The zero-order valence-corrected chi connectivity index (χ0v) is 6.14. The second kappa shape index (κ2) is 2.73. The van der Waals surface area contributed by atoms with Crippen LogP contribution in [0.3, 0.4) is 0 Å². The van der Waals surface area contributed by atoms with Gasteiger partial charge in [0.25, 0.3) is 0 Å². The molecule has 0 amide bonds. The second-order valence-electron chi connectivity index (χ2n) is 2.01. The largest absolute Gasteiger partial charge is 0.519 e. The van der Waals surface area contributed by atoms with Gasteiger partial charge in [0.15, 0.2) is 0 Å². The first-order valence-electron chi connectivity index (χ1n) is 3.39. The highest BCUT2D eigenvalue weighted by Gasteiger charge is 2.06. The first-order valence-corrected chi connectivity index (χ1v) is 3.39. The minimum Gasteiger partial charge on any atom is -0.396 e. The van der Waals surface area contributed by atoms with Crippen LogP contribution in [0.2, 0.25) is 0 Å². The maximum Gasteiger partial charge on any atom is 0.519 e. The predicted octanol–water partition coefficient (Wildman–Crippen LogP) is 1.36. The smallest absolute Gasteiger partial charge is 0.396 e. The Labute approximate surface area is 58.7 Å². The molecule has 0 spiro atoms. The number of aryl methyl sites for hydroxylation is 2. The van der Waals surface area contributed by atoms with Gasteiger partial charge in [-0.05, 0) is 0 Å². The van der Waals surface area contributed by atoms with Crippen molar-refractivity contribution in [3.63, 3.8) is 0 Å². The Bertz CT molecular complexity index is 232. The Morgan fingerprint density at radius 3 is 1.80 bits per heavy atom. The molecule has 3 nitrogen and oxygen atoms in total. The lowest BCUT2D eigenvalue weighted by molar-refractivity contribution is 0.367. The average Bonchev–Trinajstić information content (AvgIpc) is 2.30. The molecule has 0 saturated carbocycles. The standard InChI is InChI=1S/C7H10O3/c1-3-5-6(4-2)10-7(8)9-5/h3-4H2,1-2H3. The maximum atomic E-state index is 10.5. The van der Waals surface area contributed by atoms with Gasteiger partial charge in [0.1, 0.15) is 11.5 Å². The van der Waals surface area contributed by atoms with E-state index in [1.165, 1.54) is 0 Å². The van der Waals surface area contributed by atoms with Gasteiger partial charge in [0.2, 0.25) is 0 Å². The molecule has 3 heteroatoms. The summed E-state index contributed by atoms with van der Waals surface area (Å²) in [7, 11) is 0. The predicted molar refractivity (Wildman–Crippen MR) is 36.0 cm³/mol. The molecular weight excluding hydrogens is 132 g/mol. The molecule has 0 aliphatic rings. The van der Waals surface area contributed by atoms with Crippen LogP contribution in [0.25, 0.3) is 0 Å². The van der Waals surface area contributed by atoms with E-state index in [0.29, 0.717) is 11.5 Å². The first kappa shape index (κ1) is 7.12. The molecule has 0 aromatic carbocycles. The lowest BCUT2D eigenvalue weighted by Gasteiger charge is -1.87. The van der Waals surface area contributed by atoms with Crippen molar-refractivity contribution in [2.45, 2.75) is 26.7 Å². The minimum absolute atomic E-state index is 0.589. The molecule has 1 aromatic heterocycles. The summed E-state index contributed by atoms with van der Waals surface area (Å²) in [5.74, 6) is 0.758. The highest BCUT2D eigenvalue weighted by atomic mass is 16.6. The fourth-order valence-corrected chi connectivity index (χ4v) is 0.875. The molecule has 1 heterocycles. The van der Waals surface area contributed by atoms with Gasteiger partial charge in [-0.1, -0.05) is 13.8 Å². The maximum absolute atomic E-state index is 10.5. The van der Waals surface area contributed by atoms with Crippen molar-refractivity contribution < 1.29 is 8.83 Å². The van der Waals surface area contributed by atoms with Crippen molar-refractivity contribution in [3.05, 3.63) is 22.1 Å². The summed E-state index contributed by atoms with van der Waals surface area (Å²) < 4.78 is 9.46. The number of hydrogen-bond donors (Lipinski definition) is 0. The summed E-state index contributed by atoms with van der Waals surface area (Å²) in [6.07, 6.45) is 1.43. The molecule has 0 aliphatic heterocycles. The van der Waals surface area contributed by atoms with Crippen molar-refractivity contribution in [1.82, 2.24) is 0 Å². The van der Waals surface area contributed by atoms with E-state index in [0.717, 1.165) is 12.8 Å². The molecule has 0 unspecified atom stereocenters. The van der Waals surface area contributed by atoms with Crippen LogP contribution >= 0.6 is 0 Å². The molecule has 0 saturated heterocycles. The van der Waals surface area contributed by atoms with Crippen molar-refractivity contribution >= 4 is 0 Å². The molecule has 56 valence electrons. The van der Waals surface area contributed by atoms with Crippen LogP contribution in [0.1, 0.15) is 25.4 Å². The van der Waals surface area contributed by atoms with Gasteiger partial charge < -0.3 is 8.83 Å². The Balaban J connectivity index is 3.08. The van der Waals surface area contributed by atoms with Gasteiger partial charge in [0.05, 0.1) is 0 Å². The van der Waals surface area contributed by atoms with Gasteiger partial charge in [-0.3, -0.25) is 0 Å². The molecular formula is C7H10O3. The van der Waals surface area contributed by atoms with E-state index in [1.807, 2.05) is 13.8 Å². The Hall–Kier alpha value is -0.990. The number of hydrogen-bond acceptors (Lipinski definition) is 3. The van der Waals surface area contributed by atoms with E-state index in [2.05, 4.69) is 0 Å². The molecule has 0 N–H and O–H groups in total. The van der Waals surface area contributed by atoms with Crippen LogP contribution in [0.4, 0.5) is 0 Å². The van der Waals surface area contributed by atoms with Crippen molar-refractivity contribution in [2.24, 2.45) is 0 Å². The average molecular weight is 142 g/mol. The lowest BCUT2D eigenvalue weighted by Crippen LogP contribution is -1.86. The second-order valence-corrected chi connectivity index (χ2v) is 2.01. The van der Waals surface area contributed by atoms with Crippen molar-refractivity contribution in [1.29, 1.82) is 0 Å². The van der Waals surface area contributed by atoms with Crippen LogP contribution < -0.4 is 5.82 Å². The van der Waals surface area contributed by atoms with Crippen molar-refractivity contribution in [2.75, 3.05) is 0 Å². The molecule has 0 fully saturated rings. The van der Waals surface area contributed by atoms with Crippen molar-refractivity contribution in [3.8, 4) is 0 Å². The molecule has 0 atom stereocenters. The Morgan fingerprint density at radius 1 is 1.10 bits per heavy atom. The van der Waals surface area contributed by atoms with E-state index >= 15 is 0 Å². The molecule has 10 heavy (non-hydrogen) atoms. The third kappa shape index (κ3) is 1.12. The molecule has 1 rings (SSSR count). The van der Waals surface area contributed by atoms with Crippen LogP contribution in [0.5, 0.6) is 0 Å². The topological polar surface area (TPSA) is 43.4 Å². The quantitative estimate of drug-likeness (QED) is 0.626. The highest BCUT2D eigenvalue weighted by Crippen LogP contribution is 2.06.